The Morgan fingerprint density at radius 3 is 2.95 bits per heavy atom. The zero-order valence-electron chi connectivity index (χ0n) is 10.7. The Morgan fingerprint density at radius 2 is 2.15 bits per heavy atom. The first-order valence-electron chi connectivity index (χ1n) is 5.97. The lowest BCUT2D eigenvalue weighted by Crippen LogP contribution is -2.18. The molecular formula is C14H11FN2OS2. The van der Waals surface area contributed by atoms with Gasteiger partial charge >= 0.3 is 0 Å². The Labute approximate surface area is 123 Å². The summed E-state index contributed by atoms with van der Waals surface area (Å²) >= 11 is 2.75. The van der Waals surface area contributed by atoms with Gasteiger partial charge in [0.1, 0.15) is 10.5 Å². The number of fused-ring (bicyclic) bond motifs is 1. The fourth-order valence-electron chi connectivity index (χ4n) is 1.85. The zero-order valence-corrected chi connectivity index (χ0v) is 12.3. The number of thiophene rings is 1. The highest BCUT2D eigenvalue weighted by atomic mass is 32.2. The minimum absolute atomic E-state index is 0.0546. The first-order chi connectivity index (χ1) is 9.66. The molecule has 0 radical (unpaired) electrons. The highest BCUT2D eigenvalue weighted by Crippen LogP contribution is 2.24. The standard InChI is InChI=1S/C14H11FN2OS2/c1-17-13(18)12-11(6-7-19-12)16-14(17)20-8-9-4-2-3-5-10(9)15/h2-7H,8H2,1H3. The Bertz CT molecular complexity index is 825. The van der Waals surface area contributed by atoms with E-state index in [0.717, 1.165) is 0 Å². The van der Waals surface area contributed by atoms with Gasteiger partial charge in [-0.15, -0.1) is 11.3 Å². The summed E-state index contributed by atoms with van der Waals surface area (Å²) in [5.74, 6) is 0.212. The second kappa shape index (κ2) is 5.38. The molecule has 0 N–H and O–H groups in total. The number of rotatable bonds is 3. The SMILES string of the molecule is Cn1c(SCc2ccccc2F)nc2ccsc2c1=O. The Hall–Kier alpha value is -1.66. The van der Waals surface area contributed by atoms with Gasteiger partial charge in [0.2, 0.25) is 0 Å². The normalized spacial score (nSPS) is 11.1. The summed E-state index contributed by atoms with van der Waals surface area (Å²) in [7, 11) is 1.69. The Balaban J connectivity index is 1.93. The Morgan fingerprint density at radius 1 is 1.35 bits per heavy atom. The second-order valence-corrected chi connectivity index (χ2v) is 6.13. The third kappa shape index (κ3) is 2.36. The van der Waals surface area contributed by atoms with Crippen LogP contribution in [0.25, 0.3) is 10.2 Å². The van der Waals surface area contributed by atoms with E-state index in [1.54, 1.807) is 25.2 Å². The molecule has 0 spiro atoms. The number of nitrogens with zero attached hydrogens (tertiary/aromatic N) is 2. The van der Waals surface area contributed by atoms with Crippen LogP contribution in [0.3, 0.4) is 0 Å². The molecule has 0 aliphatic rings. The van der Waals surface area contributed by atoms with Crippen LogP contribution in [-0.4, -0.2) is 9.55 Å². The van der Waals surface area contributed by atoms with E-state index in [9.17, 15) is 9.18 Å². The van der Waals surface area contributed by atoms with Crippen molar-refractivity contribution in [1.29, 1.82) is 0 Å². The number of halogens is 1. The number of hydrogen-bond acceptors (Lipinski definition) is 4. The quantitative estimate of drug-likeness (QED) is 0.549. The highest BCUT2D eigenvalue weighted by molar-refractivity contribution is 7.98. The van der Waals surface area contributed by atoms with Crippen molar-refractivity contribution < 1.29 is 4.39 Å². The molecule has 3 nitrogen and oxygen atoms in total. The van der Waals surface area contributed by atoms with Gasteiger partial charge in [-0.25, -0.2) is 9.37 Å². The van der Waals surface area contributed by atoms with Gasteiger partial charge in [-0.2, -0.15) is 0 Å². The molecule has 0 aliphatic carbocycles. The number of hydrogen-bond donors (Lipinski definition) is 0. The lowest BCUT2D eigenvalue weighted by Gasteiger charge is -2.07. The van der Waals surface area contributed by atoms with Gasteiger partial charge in [-0.3, -0.25) is 9.36 Å². The second-order valence-electron chi connectivity index (χ2n) is 4.27. The number of thioether (sulfide) groups is 1. The first kappa shape index (κ1) is 13.3. The largest absolute Gasteiger partial charge is 0.290 e. The topological polar surface area (TPSA) is 34.9 Å². The number of aromatic nitrogens is 2. The van der Waals surface area contributed by atoms with Gasteiger partial charge in [-0.05, 0) is 23.1 Å². The number of benzene rings is 1. The van der Waals surface area contributed by atoms with Crippen molar-refractivity contribution >= 4 is 33.3 Å². The molecule has 0 bridgehead atoms. The summed E-state index contributed by atoms with van der Waals surface area (Å²) in [6, 6.07) is 8.46. The predicted molar refractivity (Wildman–Crippen MR) is 80.8 cm³/mol. The van der Waals surface area contributed by atoms with E-state index in [-0.39, 0.29) is 11.4 Å². The van der Waals surface area contributed by atoms with Crippen LogP contribution in [0, 0.1) is 5.82 Å². The molecule has 20 heavy (non-hydrogen) atoms. The van der Waals surface area contributed by atoms with Crippen LogP contribution < -0.4 is 5.56 Å². The van der Waals surface area contributed by atoms with E-state index in [4.69, 9.17) is 0 Å². The van der Waals surface area contributed by atoms with Crippen LogP contribution in [-0.2, 0) is 12.8 Å². The maximum Gasteiger partial charge on any atom is 0.271 e. The molecule has 1 aromatic carbocycles. The molecule has 102 valence electrons. The molecule has 2 heterocycles. The summed E-state index contributed by atoms with van der Waals surface area (Å²) in [6.07, 6.45) is 0. The van der Waals surface area contributed by atoms with Gasteiger partial charge in [0, 0.05) is 12.8 Å². The van der Waals surface area contributed by atoms with E-state index in [1.165, 1.54) is 33.7 Å². The van der Waals surface area contributed by atoms with Crippen molar-refractivity contribution in [2.75, 3.05) is 0 Å². The fourth-order valence-corrected chi connectivity index (χ4v) is 3.62. The van der Waals surface area contributed by atoms with Crippen molar-refractivity contribution in [3.05, 3.63) is 57.4 Å². The van der Waals surface area contributed by atoms with Crippen molar-refractivity contribution in [1.82, 2.24) is 9.55 Å². The van der Waals surface area contributed by atoms with E-state index in [1.807, 2.05) is 11.4 Å². The summed E-state index contributed by atoms with van der Waals surface area (Å²) in [5, 5.41) is 2.45. The van der Waals surface area contributed by atoms with E-state index in [0.29, 0.717) is 26.7 Å². The van der Waals surface area contributed by atoms with Gasteiger partial charge < -0.3 is 0 Å². The summed E-state index contributed by atoms with van der Waals surface area (Å²) < 4.78 is 15.7. The van der Waals surface area contributed by atoms with Gasteiger partial charge in [0.15, 0.2) is 5.16 Å². The van der Waals surface area contributed by atoms with Crippen LogP contribution in [0.5, 0.6) is 0 Å². The molecule has 0 unspecified atom stereocenters. The lowest BCUT2D eigenvalue weighted by molar-refractivity contribution is 0.617. The average molecular weight is 306 g/mol. The lowest BCUT2D eigenvalue weighted by atomic mass is 10.2. The molecule has 3 aromatic rings. The zero-order chi connectivity index (χ0) is 14.1. The fraction of sp³-hybridized carbons (Fsp3) is 0.143. The highest BCUT2D eigenvalue weighted by Gasteiger charge is 2.10. The summed E-state index contributed by atoms with van der Waals surface area (Å²) in [6.45, 7) is 0. The Kier molecular flexibility index (Phi) is 3.58. The van der Waals surface area contributed by atoms with Crippen molar-refractivity contribution in [2.24, 2.45) is 7.05 Å². The smallest absolute Gasteiger partial charge is 0.271 e. The molecule has 0 saturated heterocycles. The van der Waals surface area contributed by atoms with Crippen LogP contribution in [0.2, 0.25) is 0 Å². The van der Waals surface area contributed by atoms with Crippen molar-refractivity contribution in [3.63, 3.8) is 0 Å². The van der Waals surface area contributed by atoms with Gasteiger partial charge in [0.25, 0.3) is 5.56 Å². The minimum atomic E-state index is -0.235. The van der Waals surface area contributed by atoms with Gasteiger partial charge in [0.05, 0.1) is 5.52 Å². The molecule has 2 aromatic heterocycles. The molecule has 0 saturated carbocycles. The van der Waals surface area contributed by atoms with Crippen molar-refractivity contribution in [3.8, 4) is 0 Å². The molecule has 0 atom stereocenters. The maximum atomic E-state index is 13.6. The predicted octanol–water partition coefficient (Wildman–Crippen LogP) is 3.43. The van der Waals surface area contributed by atoms with E-state index < -0.39 is 0 Å². The summed E-state index contributed by atoms with van der Waals surface area (Å²) in [5.41, 5.74) is 1.26. The third-order valence-corrected chi connectivity index (χ3v) is 4.93. The van der Waals surface area contributed by atoms with Crippen LogP contribution in [0.15, 0.2) is 45.7 Å². The molecule has 6 heteroatoms. The van der Waals surface area contributed by atoms with E-state index >= 15 is 0 Å². The monoisotopic (exact) mass is 306 g/mol. The molecule has 3 rings (SSSR count). The van der Waals surface area contributed by atoms with Crippen LogP contribution in [0.4, 0.5) is 4.39 Å². The van der Waals surface area contributed by atoms with Crippen LogP contribution >= 0.6 is 23.1 Å². The molecular weight excluding hydrogens is 295 g/mol. The first-order valence-corrected chi connectivity index (χ1v) is 7.84. The average Bonchev–Trinajstić information content (AvgIpc) is 2.91. The summed E-state index contributed by atoms with van der Waals surface area (Å²) in [4.78, 5) is 16.6. The molecule has 0 aliphatic heterocycles. The minimum Gasteiger partial charge on any atom is -0.290 e. The van der Waals surface area contributed by atoms with Crippen LogP contribution in [0.1, 0.15) is 5.56 Å². The maximum absolute atomic E-state index is 13.6. The third-order valence-electron chi connectivity index (χ3n) is 2.96. The van der Waals surface area contributed by atoms with Crippen molar-refractivity contribution in [2.45, 2.75) is 10.9 Å². The molecule has 0 amide bonds. The van der Waals surface area contributed by atoms with E-state index in [2.05, 4.69) is 4.98 Å². The molecule has 0 fully saturated rings. The van der Waals surface area contributed by atoms with Gasteiger partial charge in [-0.1, -0.05) is 30.0 Å².